The van der Waals surface area contributed by atoms with Crippen molar-refractivity contribution in [2.24, 2.45) is 5.92 Å². The summed E-state index contributed by atoms with van der Waals surface area (Å²) in [6.45, 7) is 8.12. The Morgan fingerprint density at radius 3 is 2.59 bits per heavy atom. The maximum atomic E-state index is 9.64. The quantitative estimate of drug-likeness (QED) is 0.846. The van der Waals surface area contributed by atoms with Gasteiger partial charge >= 0.3 is 0 Å². The van der Waals surface area contributed by atoms with Gasteiger partial charge in [0.15, 0.2) is 0 Å². The zero-order chi connectivity index (χ0) is 15.7. The smallest absolute Gasteiger partial charge is 0.120 e. The Morgan fingerprint density at radius 2 is 1.95 bits per heavy atom. The Labute approximate surface area is 133 Å². The maximum Gasteiger partial charge on any atom is 0.120 e. The lowest BCUT2D eigenvalue weighted by molar-refractivity contribution is 0.143. The molecule has 0 radical (unpaired) electrons. The van der Waals surface area contributed by atoms with Gasteiger partial charge in [0.1, 0.15) is 5.60 Å². The van der Waals surface area contributed by atoms with Gasteiger partial charge in [0.05, 0.1) is 0 Å². The van der Waals surface area contributed by atoms with Crippen LogP contribution in [0.25, 0.3) is 0 Å². The fraction of sp³-hybridized carbons (Fsp3) is 0.579. The van der Waals surface area contributed by atoms with Crippen LogP contribution in [0.4, 0.5) is 0 Å². The molecule has 22 heavy (non-hydrogen) atoms. The average Bonchev–Trinajstić information content (AvgIpc) is 3.00. The molecule has 2 saturated heterocycles. The molecule has 2 fully saturated rings. The first-order valence-electron chi connectivity index (χ1n) is 8.18. The first kappa shape index (κ1) is 15.6. The lowest BCUT2D eigenvalue weighted by Crippen LogP contribution is -2.31. The van der Waals surface area contributed by atoms with Crippen molar-refractivity contribution in [2.45, 2.75) is 38.5 Å². The van der Waals surface area contributed by atoms with Crippen LogP contribution in [0.15, 0.2) is 24.3 Å². The maximum absolute atomic E-state index is 9.64. The van der Waals surface area contributed by atoms with E-state index >= 15 is 0 Å². The molecule has 0 bridgehead atoms. The number of likely N-dealkylation sites (N-methyl/N-ethyl adjacent to an activating group) is 1. The Morgan fingerprint density at radius 1 is 1.23 bits per heavy atom. The van der Waals surface area contributed by atoms with Crippen LogP contribution < -0.4 is 0 Å². The van der Waals surface area contributed by atoms with E-state index in [0.29, 0.717) is 0 Å². The molecule has 1 aromatic carbocycles. The van der Waals surface area contributed by atoms with Gasteiger partial charge in [-0.05, 0) is 57.5 Å². The first-order chi connectivity index (χ1) is 10.4. The standard InChI is InChI=1S/C19H26N2O/c1-19(2,22)10-8-15-4-6-16(7-5-15)12-21-13-17-9-11-20(3)18(17)14-21/h4-7,17-18,22H,9,11-14H2,1-3H3. The SMILES string of the molecule is CN1CCC2CN(Cc3ccc(C#CC(C)(C)O)cc3)CC21. The number of rotatable bonds is 2. The molecule has 0 aliphatic carbocycles. The van der Waals surface area contributed by atoms with Crippen molar-refractivity contribution >= 4 is 0 Å². The fourth-order valence-corrected chi connectivity index (χ4v) is 3.57. The summed E-state index contributed by atoms with van der Waals surface area (Å²) >= 11 is 0. The van der Waals surface area contributed by atoms with E-state index in [0.717, 1.165) is 24.1 Å². The number of aliphatic hydroxyl groups is 1. The van der Waals surface area contributed by atoms with E-state index in [9.17, 15) is 5.11 Å². The van der Waals surface area contributed by atoms with Crippen molar-refractivity contribution < 1.29 is 5.11 Å². The van der Waals surface area contributed by atoms with E-state index in [1.54, 1.807) is 13.8 Å². The lowest BCUT2D eigenvalue weighted by atomic mass is 10.1. The molecule has 2 unspecified atom stereocenters. The molecule has 0 saturated carbocycles. The summed E-state index contributed by atoms with van der Waals surface area (Å²) < 4.78 is 0. The van der Waals surface area contributed by atoms with Crippen LogP contribution in [0, 0.1) is 17.8 Å². The summed E-state index contributed by atoms with van der Waals surface area (Å²) in [7, 11) is 2.25. The summed E-state index contributed by atoms with van der Waals surface area (Å²) in [4.78, 5) is 5.09. The largest absolute Gasteiger partial charge is 0.378 e. The number of hydrogen-bond donors (Lipinski definition) is 1. The highest BCUT2D eigenvalue weighted by molar-refractivity contribution is 5.37. The van der Waals surface area contributed by atoms with Gasteiger partial charge in [-0.2, -0.15) is 0 Å². The van der Waals surface area contributed by atoms with E-state index in [1.807, 2.05) is 0 Å². The topological polar surface area (TPSA) is 26.7 Å². The molecule has 118 valence electrons. The van der Waals surface area contributed by atoms with E-state index in [-0.39, 0.29) is 0 Å². The van der Waals surface area contributed by atoms with Crippen molar-refractivity contribution in [2.75, 3.05) is 26.7 Å². The number of benzene rings is 1. The van der Waals surface area contributed by atoms with Crippen LogP contribution in [0.2, 0.25) is 0 Å². The molecule has 3 heteroatoms. The number of hydrogen-bond acceptors (Lipinski definition) is 3. The van der Waals surface area contributed by atoms with Gasteiger partial charge in [0.25, 0.3) is 0 Å². The third kappa shape index (κ3) is 3.70. The van der Waals surface area contributed by atoms with Crippen molar-refractivity contribution in [3.05, 3.63) is 35.4 Å². The minimum absolute atomic E-state index is 0.761. The minimum Gasteiger partial charge on any atom is -0.378 e. The molecule has 2 heterocycles. The molecule has 2 aliphatic rings. The van der Waals surface area contributed by atoms with E-state index in [1.165, 1.54) is 31.6 Å². The first-order valence-corrected chi connectivity index (χ1v) is 8.18. The van der Waals surface area contributed by atoms with Crippen molar-refractivity contribution in [1.82, 2.24) is 9.80 Å². The lowest BCUT2D eigenvalue weighted by Gasteiger charge is -2.20. The number of likely N-dealkylation sites (tertiary alicyclic amines) is 2. The molecule has 0 aromatic heterocycles. The molecule has 3 rings (SSSR count). The monoisotopic (exact) mass is 298 g/mol. The van der Waals surface area contributed by atoms with Crippen LogP contribution in [0.5, 0.6) is 0 Å². The molecule has 2 atom stereocenters. The van der Waals surface area contributed by atoms with Gasteiger partial charge in [0.2, 0.25) is 0 Å². The Hall–Kier alpha value is -1.34. The predicted molar refractivity (Wildman–Crippen MR) is 89.4 cm³/mol. The highest BCUT2D eigenvalue weighted by atomic mass is 16.3. The van der Waals surface area contributed by atoms with Crippen LogP contribution in [0.1, 0.15) is 31.4 Å². The van der Waals surface area contributed by atoms with Crippen molar-refractivity contribution in [3.8, 4) is 11.8 Å². The summed E-state index contributed by atoms with van der Waals surface area (Å²) in [5, 5.41) is 9.64. The summed E-state index contributed by atoms with van der Waals surface area (Å²) in [6.07, 6.45) is 1.35. The zero-order valence-electron chi connectivity index (χ0n) is 13.8. The van der Waals surface area contributed by atoms with Gasteiger partial charge in [-0.3, -0.25) is 4.90 Å². The normalized spacial score (nSPS) is 25.8. The van der Waals surface area contributed by atoms with Crippen LogP contribution in [-0.2, 0) is 6.54 Å². The van der Waals surface area contributed by atoms with Gasteiger partial charge in [0, 0.05) is 31.2 Å². The van der Waals surface area contributed by atoms with E-state index in [2.05, 4.69) is 53.0 Å². The zero-order valence-corrected chi connectivity index (χ0v) is 13.8. The molecule has 1 N–H and O–H groups in total. The Bertz CT molecular complexity index is 576. The average molecular weight is 298 g/mol. The van der Waals surface area contributed by atoms with Gasteiger partial charge < -0.3 is 10.0 Å². The molecular weight excluding hydrogens is 272 g/mol. The van der Waals surface area contributed by atoms with Gasteiger partial charge in [-0.1, -0.05) is 24.0 Å². The summed E-state index contributed by atoms with van der Waals surface area (Å²) in [5.41, 5.74) is 1.37. The van der Waals surface area contributed by atoms with Gasteiger partial charge in [-0.25, -0.2) is 0 Å². The predicted octanol–water partition coefficient (Wildman–Crippen LogP) is 1.94. The van der Waals surface area contributed by atoms with E-state index < -0.39 is 5.60 Å². The van der Waals surface area contributed by atoms with E-state index in [4.69, 9.17) is 0 Å². The molecule has 3 nitrogen and oxygen atoms in total. The van der Waals surface area contributed by atoms with Crippen LogP contribution in [0.3, 0.4) is 0 Å². The summed E-state index contributed by atoms with van der Waals surface area (Å²) in [5.74, 6) is 6.74. The second kappa shape index (κ2) is 6.04. The van der Waals surface area contributed by atoms with Crippen LogP contribution in [-0.4, -0.2) is 53.2 Å². The molecule has 1 aromatic rings. The third-order valence-corrected chi connectivity index (χ3v) is 4.77. The molecule has 0 spiro atoms. The number of fused-ring (bicyclic) bond motifs is 1. The second-order valence-corrected chi connectivity index (χ2v) is 7.30. The number of nitrogens with zero attached hydrogens (tertiary/aromatic N) is 2. The molecule has 0 amide bonds. The minimum atomic E-state index is -0.933. The third-order valence-electron chi connectivity index (χ3n) is 4.77. The van der Waals surface area contributed by atoms with Gasteiger partial charge in [-0.15, -0.1) is 0 Å². The summed E-state index contributed by atoms with van der Waals surface area (Å²) in [6, 6.07) is 9.18. The van der Waals surface area contributed by atoms with Crippen molar-refractivity contribution in [3.63, 3.8) is 0 Å². The Kier molecular flexibility index (Phi) is 4.27. The molecule has 2 aliphatic heterocycles. The fourth-order valence-electron chi connectivity index (χ4n) is 3.57. The highest BCUT2D eigenvalue weighted by Gasteiger charge is 2.39. The highest BCUT2D eigenvalue weighted by Crippen LogP contribution is 2.30. The van der Waals surface area contributed by atoms with Crippen LogP contribution >= 0.6 is 0 Å². The van der Waals surface area contributed by atoms with Crippen molar-refractivity contribution in [1.29, 1.82) is 0 Å². The molecular formula is C19H26N2O. The Balaban J connectivity index is 1.59. The second-order valence-electron chi connectivity index (χ2n) is 7.30.